The van der Waals surface area contributed by atoms with Crippen LogP contribution in [0.5, 0.6) is 5.75 Å². The van der Waals surface area contributed by atoms with Gasteiger partial charge in [0.1, 0.15) is 12.4 Å². The molecule has 2 rings (SSSR count). The van der Waals surface area contributed by atoms with Crippen LogP contribution in [0, 0.1) is 0 Å². The maximum Gasteiger partial charge on any atom is 0.267 e. The first-order valence-electron chi connectivity index (χ1n) is 7.62. The highest BCUT2D eigenvalue weighted by Gasteiger charge is 2.16. The number of aryl methyl sites for hydroxylation is 1. The Kier molecular flexibility index (Phi) is 6.96. The van der Waals surface area contributed by atoms with Crippen molar-refractivity contribution in [3.8, 4) is 5.75 Å². The number of hydrogen-bond donors (Lipinski definition) is 1. The van der Waals surface area contributed by atoms with Crippen LogP contribution in [0.25, 0.3) is 0 Å². The third-order valence-corrected chi connectivity index (χ3v) is 4.25. The van der Waals surface area contributed by atoms with Crippen molar-refractivity contribution in [3.63, 3.8) is 0 Å². The second kappa shape index (κ2) is 8.97. The molecule has 0 radical (unpaired) electrons. The zero-order valence-electron chi connectivity index (χ0n) is 13.8. The van der Waals surface area contributed by atoms with Gasteiger partial charge in [-0.15, -0.1) is 0 Å². The summed E-state index contributed by atoms with van der Waals surface area (Å²) in [5, 5.41) is 3.50. The molecule has 0 amide bonds. The van der Waals surface area contributed by atoms with Gasteiger partial charge < -0.3 is 14.8 Å². The number of hydrogen-bond acceptors (Lipinski definition) is 3. The van der Waals surface area contributed by atoms with E-state index in [-0.39, 0.29) is 23.1 Å². The lowest BCUT2D eigenvalue weighted by atomic mass is 10.1. The summed E-state index contributed by atoms with van der Waals surface area (Å²) in [5.41, 5.74) is 1.90. The Morgan fingerprint density at radius 1 is 1.28 bits per heavy atom. The summed E-state index contributed by atoms with van der Waals surface area (Å²) in [6.45, 7) is 1.92. The van der Waals surface area contributed by atoms with Crippen molar-refractivity contribution in [2.45, 2.75) is 26.4 Å². The minimum Gasteiger partial charge on any atom is -0.488 e. The molecule has 1 N–H and O–H groups in total. The van der Waals surface area contributed by atoms with Crippen LogP contribution < -0.4 is 10.1 Å². The van der Waals surface area contributed by atoms with Gasteiger partial charge in [-0.25, -0.2) is 8.78 Å². The SMILES string of the molecule is CCc1ccc(OCc2c(Cl)cccc2NC(=S)OC)c(C(F)F)c1. The molecule has 3 nitrogen and oxygen atoms in total. The molecule has 0 aromatic heterocycles. The topological polar surface area (TPSA) is 30.5 Å². The maximum atomic E-state index is 13.3. The standard InChI is InChI=1S/C18H18ClF2NO2S/c1-3-11-7-8-16(12(9-11)17(20)21)24-10-13-14(19)5-4-6-15(13)22-18(25)23-2/h4-9,17H,3,10H2,1-2H3,(H,22,25). The Morgan fingerprint density at radius 3 is 2.68 bits per heavy atom. The molecule has 0 spiro atoms. The zero-order chi connectivity index (χ0) is 18.4. The van der Waals surface area contributed by atoms with Gasteiger partial charge in [0, 0.05) is 16.3 Å². The number of thiocarbonyl (C=S) groups is 1. The molecular formula is C18H18ClF2NO2S. The highest BCUT2D eigenvalue weighted by molar-refractivity contribution is 7.80. The van der Waals surface area contributed by atoms with Crippen molar-refractivity contribution in [1.82, 2.24) is 0 Å². The van der Waals surface area contributed by atoms with Gasteiger partial charge in [0.2, 0.25) is 0 Å². The average molecular weight is 386 g/mol. The Labute approximate surface area is 155 Å². The van der Waals surface area contributed by atoms with E-state index in [9.17, 15) is 8.78 Å². The van der Waals surface area contributed by atoms with E-state index in [1.165, 1.54) is 13.2 Å². The Morgan fingerprint density at radius 2 is 2.04 bits per heavy atom. The van der Waals surface area contributed by atoms with Crippen molar-refractivity contribution in [2.24, 2.45) is 0 Å². The largest absolute Gasteiger partial charge is 0.488 e. The van der Waals surface area contributed by atoms with Crippen LogP contribution in [-0.4, -0.2) is 12.3 Å². The first-order chi connectivity index (χ1) is 12.0. The lowest BCUT2D eigenvalue weighted by Crippen LogP contribution is -2.13. The van der Waals surface area contributed by atoms with E-state index in [2.05, 4.69) is 5.32 Å². The predicted octanol–water partition coefficient (Wildman–Crippen LogP) is 5.76. The summed E-state index contributed by atoms with van der Waals surface area (Å²) in [6, 6.07) is 9.98. The molecule has 7 heteroatoms. The number of halogens is 3. The van der Waals surface area contributed by atoms with Crippen LogP contribution in [0.3, 0.4) is 0 Å². The van der Waals surface area contributed by atoms with E-state index in [1.807, 2.05) is 6.92 Å². The van der Waals surface area contributed by atoms with Crippen molar-refractivity contribution in [3.05, 3.63) is 58.1 Å². The van der Waals surface area contributed by atoms with Gasteiger partial charge in [-0.05, 0) is 48.5 Å². The minimum absolute atomic E-state index is 0.0134. The smallest absolute Gasteiger partial charge is 0.267 e. The van der Waals surface area contributed by atoms with E-state index < -0.39 is 6.43 Å². The predicted molar refractivity (Wildman–Crippen MR) is 99.8 cm³/mol. The molecule has 0 atom stereocenters. The van der Waals surface area contributed by atoms with Gasteiger partial charge in [0.15, 0.2) is 0 Å². The lowest BCUT2D eigenvalue weighted by Gasteiger charge is -2.16. The lowest BCUT2D eigenvalue weighted by molar-refractivity contribution is 0.144. The molecule has 0 unspecified atom stereocenters. The third-order valence-electron chi connectivity index (χ3n) is 3.63. The Balaban J connectivity index is 2.26. The fourth-order valence-corrected chi connectivity index (χ4v) is 2.59. The number of anilines is 1. The fourth-order valence-electron chi connectivity index (χ4n) is 2.25. The Hall–Kier alpha value is -1.92. The third kappa shape index (κ3) is 5.03. The summed E-state index contributed by atoms with van der Waals surface area (Å²) >= 11 is 11.2. The second-order valence-corrected chi connectivity index (χ2v) is 5.98. The van der Waals surface area contributed by atoms with Gasteiger partial charge in [0.25, 0.3) is 11.6 Å². The first kappa shape index (κ1) is 19.4. The number of benzene rings is 2. The fraction of sp³-hybridized carbons (Fsp3) is 0.278. The van der Waals surface area contributed by atoms with Crippen LogP contribution in [0.1, 0.15) is 30.0 Å². The van der Waals surface area contributed by atoms with Crippen LogP contribution in [0.4, 0.5) is 14.5 Å². The number of ether oxygens (including phenoxy) is 2. The van der Waals surface area contributed by atoms with Crippen LogP contribution >= 0.6 is 23.8 Å². The van der Waals surface area contributed by atoms with Gasteiger partial charge in [0.05, 0.1) is 12.7 Å². The monoisotopic (exact) mass is 385 g/mol. The second-order valence-electron chi connectivity index (χ2n) is 5.20. The van der Waals surface area contributed by atoms with E-state index in [4.69, 9.17) is 33.3 Å². The zero-order valence-corrected chi connectivity index (χ0v) is 15.4. The number of rotatable bonds is 6. The quantitative estimate of drug-likeness (QED) is 0.640. The Bertz CT molecular complexity index is 756. The molecular weight excluding hydrogens is 368 g/mol. The minimum atomic E-state index is -2.62. The average Bonchev–Trinajstić information content (AvgIpc) is 2.60. The number of methoxy groups -OCH3 is 1. The summed E-state index contributed by atoms with van der Waals surface area (Å²) in [6.07, 6.45) is -1.95. The van der Waals surface area contributed by atoms with Crippen molar-refractivity contribution >= 4 is 34.7 Å². The van der Waals surface area contributed by atoms with Crippen LogP contribution in [-0.2, 0) is 17.8 Å². The van der Waals surface area contributed by atoms with Crippen molar-refractivity contribution < 1.29 is 18.3 Å². The molecule has 0 heterocycles. The van der Waals surface area contributed by atoms with Crippen molar-refractivity contribution in [1.29, 1.82) is 0 Å². The van der Waals surface area contributed by atoms with Crippen LogP contribution in [0.15, 0.2) is 36.4 Å². The normalized spacial score (nSPS) is 10.6. The molecule has 25 heavy (non-hydrogen) atoms. The molecule has 0 saturated heterocycles. The first-order valence-corrected chi connectivity index (χ1v) is 8.41. The molecule has 0 aliphatic carbocycles. The summed E-state index contributed by atoms with van der Waals surface area (Å²) in [4.78, 5) is 0. The van der Waals surface area contributed by atoms with Crippen LogP contribution in [0.2, 0.25) is 5.02 Å². The van der Waals surface area contributed by atoms with E-state index in [0.29, 0.717) is 22.7 Å². The summed E-state index contributed by atoms with van der Waals surface area (Å²) in [7, 11) is 1.44. The highest BCUT2D eigenvalue weighted by Crippen LogP contribution is 2.32. The summed E-state index contributed by atoms with van der Waals surface area (Å²) in [5.74, 6) is 0.132. The molecule has 0 saturated carbocycles. The molecule has 134 valence electrons. The molecule has 0 fully saturated rings. The molecule has 0 aliphatic rings. The molecule has 0 bridgehead atoms. The number of alkyl halides is 2. The molecule has 2 aromatic rings. The van der Waals surface area contributed by atoms with Gasteiger partial charge in [-0.2, -0.15) is 0 Å². The van der Waals surface area contributed by atoms with Gasteiger partial charge in [-0.1, -0.05) is 30.7 Å². The van der Waals surface area contributed by atoms with E-state index in [1.54, 1.807) is 30.3 Å². The highest BCUT2D eigenvalue weighted by atomic mass is 35.5. The maximum absolute atomic E-state index is 13.3. The van der Waals surface area contributed by atoms with Gasteiger partial charge >= 0.3 is 0 Å². The van der Waals surface area contributed by atoms with E-state index in [0.717, 1.165) is 5.56 Å². The van der Waals surface area contributed by atoms with E-state index >= 15 is 0 Å². The molecule has 0 aliphatic heterocycles. The van der Waals surface area contributed by atoms with Gasteiger partial charge in [-0.3, -0.25) is 0 Å². The number of nitrogens with one attached hydrogen (secondary N) is 1. The molecule has 2 aromatic carbocycles. The summed E-state index contributed by atoms with van der Waals surface area (Å²) < 4.78 is 37.1. The van der Waals surface area contributed by atoms with Crippen molar-refractivity contribution in [2.75, 3.05) is 12.4 Å².